The molecule has 6 aromatic rings. The fraction of sp³-hybridized carbons (Fsp3) is 0.0303. The molecule has 0 aliphatic heterocycles. The van der Waals surface area contributed by atoms with Gasteiger partial charge in [0.25, 0.3) is 0 Å². The number of benzene rings is 6. The first-order chi connectivity index (χ1) is 17.8. The van der Waals surface area contributed by atoms with Crippen molar-refractivity contribution < 1.29 is 20.8 Å². The molecule has 6 aromatic carbocycles. The van der Waals surface area contributed by atoms with Crippen molar-refractivity contribution in [1.29, 1.82) is 0 Å². The number of rotatable bonds is 2. The minimum atomic E-state index is -0.826. The van der Waals surface area contributed by atoms with Crippen molar-refractivity contribution >= 4 is 38.6 Å². The third-order valence-electron chi connectivity index (χ3n) is 7.08. The van der Waals surface area contributed by atoms with E-state index in [1.165, 1.54) is 66.1 Å². The van der Waals surface area contributed by atoms with Gasteiger partial charge in [-0.3, -0.25) is 0 Å². The topological polar surface area (TPSA) is 0 Å². The van der Waals surface area contributed by atoms with E-state index in [0.29, 0.717) is 0 Å². The Morgan fingerprint density at radius 3 is 1.33 bits per heavy atom. The third kappa shape index (κ3) is 4.35. The van der Waals surface area contributed by atoms with E-state index in [-0.39, 0.29) is 0 Å². The number of hydrogen-bond donors (Lipinski definition) is 0. The predicted molar refractivity (Wildman–Crippen MR) is 152 cm³/mol. The Kier molecular flexibility index (Phi) is 6.81. The second-order valence-corrected chi connectivity index (χ2v) is 12.8. The molecule has 0 atom stereocenters. The van der Waals surface area contributed by atoms with Crippen molar-refractivity contribution in [1.82, 2.24) is 0 Å². The maximum Gasteiger partial charge on any atom is -0.00130 e. The van der Waals surface area contributed by atoms with Crippen LogP contribution in [0.5, 0.6) is 0 Å². The van der Waals surface area contributed by atoms with Crippen LogP contribution in [0.1, 0.15) is 11.1 Å². The number of halogens is 2. The largest absolute Gasteiger partial charge is 0.0616 e. The second kappa shape index (κ2) is 10.3. The zero-order valence-corrected chi connectivity index (χ0v) is 23.5. The zero-order chi connectivity index (χ0) is 24.5. The molecule has 0 aromatic heterocycles. The van der Waals surface area contributed by atoms with Gasteiger partial charge < -0.3 is 0 Å². The van der Waals surface area contributed by atoms with Gasteiger partial charge in [0.1, 0.15) is 0 Å². The summed E-state index contributed by atoms with van der Waals surface area (Å²) in [6.45, 7) is 0. The van der Waals surface area contributed by atoms with Crippen LogP contribution >= 0.6 is 17.0 Å². The molecule has 7 rings (SSSR count). The average Bonchev–Trinajstić information content (AvgIpc) is 3.30. The Hall–Kier alpha value is -2.70. The summed E-state index contributed by atoms with van der Waals surface area (Å²) in [6.07, 6.45) is 0.988. The molecular weight excluding hydrogens is 558 g/mol. The van der Waals surface area contributed by atoms with E-state index in [4.69, 9.17) is 17.0 Å². The summed E-state index contributed by atoms with van der Waals surface area (Å²) in [6, 6.07) is 44.5. The van der Waals surface area contributed by atoms with E-state index in [9.17, 15) is 0 Å². The van der Waals surface area contributed by atoms with Crippen LogP contribution in [0.25, 0.3) is 54.9 Å². The van der Waals surface area contributed by atoms with Crippen LogP contribution in [0.2, 0.25) is 0 Å². The number of hydrogen-bond acceptors (Lipinski definition) is 0. The minimum Gasteiger partial charge on any atom is -0.0616 e. The fourth-order valence-corrected chi connectivity index (χ4v) is 5.50. The van der Waals surface area contributed by atoms with Gasteiger partial charge in [-0.05, 0) is 72.5 Å². The van der Waals surface area contributed by atoms with Crippen molar-refractivity contribution in [3.63, 3.8) is 0 Å². The van der Waals surface area contributed by atoms with E-state index in [2.05, 4.69) is 121 Å². The number of fused-ring (bicyclic) bond motifs is 5. The van der Waals surface area contributed by atoms with Crippen molar-refractivity contribution in [2.45, 2.75) is 6.42 Å². The van der Waals surface area contributed by atoms with Crippen LogP contribution in [-0.4, -0.2) is 0 Å². The van der Waals surface area contributed by atoms with Gasteiger partial charge in [-0.1, -0.05) is 121 Å². The molecule has 0 bridgehead atoms. The summed E-state index contributed by atoms with van der Waals surface area (Å²) >= 11 is -0.826. The van der Waals surface area contributed by atoms with Crippen LogP contribution in [0.4, 0.5) is 0 Å². The Morgan fingerprint density at radius 2 is 0.861 bits per heavy atom. The quantitative estimate of drug-likeness (QED) is 0.191. The third-order valence-corrected chi connectivity index (χ3v) is 7.08. The fourth-order valence-electron chi connectivity index (χ4n) is 5.50. The van der Waals surface area contributed by atoms with Crippen molar-refractivity contribution in [3.05, 3.63) is 132 Å². The first-order valence-electron chi connectivity index (χ1n) is 12.0. The molecule has 0 saturated heterocycles. The second-order valence-electron chi connectivity index (χ2n) is 9.05. The summed E-state index contributed by atoms with van der Waals surface area (Å²) in [5.74, 6) is 0. The van der Waals surface area contributed by atoms with Gasteiger partial charge in [0.05, 0.1) is 0 Å². The van der Waals surface area contributed by atoms with Gasteiger partial charge in [0, 0.05) is 0 Å². The van der Waals surface area contributed by atoms with Crippen molar-refractivity contribution in [2.24, 2.45) is 0 Å². The van der Waals surface area contributed by atoms with Crippen LogP contribution in [-0.2, 0) is 27.3 Å². The monoisotopic (exact) mass is 578 g/mol. The molecular formula is C33H22Cl2Zr. The van der Waals surface area contributed by atoms with Crippen LogP contribution in [0, 0.1) is 0 Å². The predicted octanol–water partition coefficient (Wildman–Crippen LogP) is 10.3. The van der Waals surface area contributed by atoms with Crippen LogP contribution in [0.3, 0.4) is 0 Å². The summed E-state index contributed by atoms with van der Waals surface area (Å²) < 4.78 is 0. The molecule has 0 heterocycles. The average molecular weight is 581 g/mol. The van der Waals surface area contributed by atoms with Crippen molar-refractivity contribution in [2.75, 3.05) is 0 Å². The van der Waals surface area contributed by atoms with Gasteiger partial charge in [-0.2, -0.15) is 0 Å². The SMILES string of the molecule is [Cl][Zr][Cl].c1ccc2c(-c3ccc4c(c3)Cc3cc(-c5cccc6ccccc56)ccc3-4)cccc2c1. The van der Waals surface area contributed by atoms with E-state index in [1.54, 1.807) is 0 Å². The molecule has 36 heavy (non-hydrogen) atoms. The molecule has 3 heteroatoms. The molecule has 0 nitrogen and oxygen atoms in total. The summed E-state index contributed by atoms with van der Waals surface area (Å²) in [5, 5.41) is 5.21. The smallest absolute Gasteiger partial charge is 0.00130 e. The molecule has 0 saturated carbocycles. The molecule has 0 unspecified atom stereocenters. The Labute approximate surface area is 230 Å². The Morgan fingerprint density at radius 1 is 0.444 bits per heavy atom. The van der Waals surface area contributed by atoms with Crippen molar-refractivity contribution in [3.8, 4) is 33.4 Å². The molecule has 0 amide bonds. The summed E-state index contributed by atoms with van der Waals surface area (Å²) in [4.78, 5) is 0. The maximum absolute atomic E-state index is 4.93. The van der Waals surface area contributed by atoms with Gasteiger partial charge in [-0.25, -0.2) is 0 Å². The van der Waals surface area contributed by atoms with Gasteiger partial charge >= 0.3 is 37.9 Å². The Balaban J connectivity index is 0.000000765. The van der Waals surface area contributed by atoms with E-state index in [0.717, 1.165) is 6.42 Å². The molecule has 0 spiro atoms. The summed E-state index contributed by atoms with van der Waals surface area (Å²) in [7, 11) is 9.87. The Bertz CT molecular complexity index is 1580. The maximum atomic E-state index is 4.93. The van der Waals surface area contributed by atoms with E-state index < -0.39 is 20.8 Å². The van der Waals surface area contributed by atoms with Gasteiger partial charge in [0.15, 0.2) is 0 Å². The molecule has 0 N–H and O–H groups in total. The molecule has 1 aliphatic rings. The minimum absolute atomic E-state index is 0.826. The first kappa shape index (κ1) is 23.7. The van der Waals surface area contributed by atoms with Crippen LogP contribution in [0.15, 0.2) is 121 Å². The molecule has 1 aliphatic carbocycles. The standard InChI is InChI=1S/C33H22.2ClH.Zr/c1-3-11-28-22(7-1)9-5-13-30(28)24-15-17-32-26(19-24)21-27-20-25(16-18-33(27)32)31-14-6-10-23-8-2-4-12-29(23)31;;;/h1-20H,21H2;2*1H;/q;;;+2/p-2. The van der Waals surface area contributed by atoms with Gasteiger partial charge in [-0.15, -0.1) is 0 Å². The summed E-state index contributed by atoms with van der Waals surface area (Å²) in [5.41, 5.74) is 10.8. The van der Waals surface area contributed by atoms with Gasteiger partial charge in [0.2, 0.25) is 0 Å². The molecule has 172 valence electrons. The van der Waals surface area contributed by atoms with E-state index >= 15 is 0 Å². The molecule has 0 fully saturated rings. The molecule has 0 radical (unpaired) electrons. The van der Waals surface area contributed by atoms with E-state index in [1.807, 2.05) is 0 Å². The normalized spacial score (nSPS) is 11.5. The zero-order valence-electron chi connectivity index (χ0n) is 19.5. The first-order valence-corrected chi connectivity index (χ1v) is 18.3. The van der Waals surface area contributed by atoms with Crippen LogP contribution < -0.4 is 0 Å².